The van der Waals surface area contributed by atoms with Gasteiger partial charge in [0.15, 0.2) is 0 Å². The Balaban J connectivity index is 1.35. The summed E-state index contributed by atoms with van der Waals surface area (Å²) >= 11 is 0. The van der Waals surface area contributed by atoms with Crippen LogP contribution in [-0.4, -0.2) is 85.4 Å². The molecule has 5 amide bonds. The Hall–Kier alpha value is -5.39. The summed E-state index contributed by atoms with van der Waals surface area (Å²) in [4.78, 5) is 69.3. The summed E-state index contributed by atoms with van der Waals surface area (Å²) in [5.74, 6) is -1.42. The molecule has 264 valence electrons. The monoisotopic (exact) mass is 683 g/mol. The molecular formula is C38H45N5O7. The van der Waals surface area contributed by atoms with E-state index in [2.05, 4.69) is 21.3 Å². The molecule has 2 aliphatic heterocycles. The van der Waals surface area contributed by atoms with Crippen LogP contribution in [0, 0.1) is 13.8 Å². The zero-order valence-electron chi connectivity index (χ0n) is 28.5. The summed E-state index contributed by atoms with van der Waals surface area (Å²) in [6, 6.07) is 18.9. The molecule has 1 saturated heterocycles. The van der Waals surface area contributed by atoms with Crippen molar-refractivity contribution < 1.29 is 33.4 Å². The lowest BCUT2D eigenvalue weighted by atomic mass is 10.0. The number of hydrogen-bond donors (Lipinski definition) is 4. The highest BCUT2D eigenvalue weighted by Gasteiger charge is 2.38. The number of ether oxygens (including phenoxy) is 2. The average Bonchev–Trinajstić information content (AvgIpc) is 3.61. The molecule has 12 heteroatoms. The molecule has 3 atom stereocenters. The molecule has 0 bridgehead atoms. The van der Waals surface area contributed by atoms with E-state index in [1.165, 1.54) is 4.90 Å². The zero-order valence-corrected chi connectivity index (χ0v) is 28.5. The molecule has 0 spiro atoms. The number of nitrogens with one attached hydrogen (secondary N) is 4. The lowest BCUT2D eigenvalue weighted by Gasteiger charge is -2.28. The molecule has 4 N–H and O–H groups in total. The van der Waals surface area contributed by atoms with Gasteiger partial charge in [0.2, 0.25) is 23.6 Å². The number of rotatable bonds is 7. The van der Waals surface area contributed by atoms with Crippen LogP contribution in [0.1, 0.15) is 52.7 Å². The maximum Gasteiger partial charge on any atom is 0.255 e. The molecule has 2 aliphatic rings. The van der Waals surface area contributed by atoms with Crippen molar-refractivity contribution in [1.82, 2.24) is 26.2 Å². The van der Waals surface area contributed by atoms with Crippen LogP contribution >= 0.6 is 0 Å². The Morgan fingerprint density at radius 1 is 0.940 bits per heavy atom. The van der Waals surface area contributed by atoms with Gasteiger partial charge in [-0.2, -0.15) is 0 Å². The predicted molar refractivity (Wildman–Crippen MR) is 187 cm³/mol. The molecule has 3 aromatic rings. The van der Waals surface area contributed by atoms with E-state index in [4.69, 9.17) is 9.47 Å². The first-order valence-electron chi connectivity index (χ1n) is 17.1. The van der Waals surface area contributed by atoms with Gasteiger partial charge in [-0.15, -0.1) is 0 Å². The first-order chi connectivity index (χ1) is 24.2. The summed E-state index contributed by atoms with van der Waals surface area (Å²) in [5, 5.41) is 11.3. The largest absolute Gasteiger partial charge is 0.493 e. The highest BCUT2D eigenvalue weighted by atomic mass is 16.5. The molecule has 1 fully saturated rings. The number of aryl methyl sites for hydroxylation is 2. The van der Waals surface area contributed by atoms with Gasteiger partial charge in [-0.1, -0.05) is 60.2 Å². The minimum absolute atomic E-state index is 0.131. The lowest BCUT2D eigenvalue weighted by molar-refractivity contribution is -0.140. The van der Waals surface area contributed by atoms with Crippen molar-refractivity contribution in [3.63, 3.8) is 0 Å². The summed E-state index contributed by atoms with van der Waals surface area (Å²) in [5.41, 5.74) is 3.15. The minimum atomic E-state index is -1.25. The van der Waals surface area contributed by atoms with Crippen molar-refractivity contribution in [2.75, 3.05) is 32.8 Å². The molecule has 0 unspecified atom stereocenters. The van der Waals surface area contributed by atoms with Crippen LogP contribution < -0.4 is 30.7 Å². The second-order valence-corrected chi connectivity index (χ2v) is 12.6. The number of benzene rings is 3. The summed E-state index contributed by atoms with van der Waals surface area (Å²) < 4.78 is 11.8. The third kappa shape index (κ3) is 9.61. The van der Waals surface area contributed by atoms with Crippen molar-refractivity contribution >= 4 is 29.5 Å². The van der Waals surface area contributed by atoms with Gasteiger partial charge < -0.3 is 35.6 Å². The summed E-state index contributed by atoms with van der Waals surface area (Å²) in [7, 11) is 0. The second-order valence-electron chi connectivity index (χ2n) is 12.6. The van der Waals surface area contributed by atoms with Gasteiger partial charge in [0.1, 0.15) is 36.2 Å². The van der Waals surface area contributed by atoms with E-state index < -0.39 is 41.8 Å². The Kier molecular flexibility index (Phi) is 12.4. The van der Waals surface area contributed by atoms with Crippen molar-refractivity contribution in [3.05, 3.63) is 95.1 Å². The normalized spacial score (nSPS) is 20.5. The van der Waals surface area contributed by atoms with Crippen LogP contribution in [0.25, 0.3) is 0 Å². The van der Waals surface area contributed by atoms with Gasteiger partial charge in [-0.05, 0) is 62.4 Å². The summed E-state index contributed by atoms with van der Waals surface area (Å²) in [6.45, 7) is 5.01. The SMILES string of the molecule is Cc1ccc(OCCNC(=O)[C@@H]2CC(=O)N3CCC[C@@H]3C(=O)N[C@@H](Cc3ccccc3)C(=O)NCCCOc3ccccc3C(=O)N2)c(C)c1. The number of carbonyl (C=O) groups is 5. The molecule has 5 rings (SSSR count). The van der Waals surface area contributed by atoms with E-state index in [9.17, 15) is 24.0 Å². The van der Waals surface area contributed by atoms with Crippen molar-refractivity contribution in [2.45, 2.75) is 64.1 Å². The number of para-hydroxylation sites is 1. The standard InChI is InChI=1S/C38H45N5O7/c1-25-15-16-32(26(2)22-25)50-21-18-40-37(47)30-24-34(44)43-19-8-13-31(43)38(48)42-29(23-27-10-4-3-5-11-27)36(46)39-17-9-20-49-33-14-7-6-12-28(33)35(45)41-30/h3-7,10-12,14-16,22,29-31H,8-9,13,17-21,23-24H2,1-2H3,(H,39,46)(H,40,47)(H,41,45)(H,42,48)/t29-,30-,31+/m0/s1. The highest BCUT2D eigenvalue weighted by molar-refractivity contribution is 6.01. The third-order valence-electron chi connectivity index (χ3n) is 8.79. The van der Waals surface area contributed by atoms with E-state index in [1.54, 1.807) is 24.3 Å². The number of hydrogen-bond acceptors (Lipinski definition) is 7. The van der Waals surface area contributed by atoms with Crippen molar-refractivity contribution in [3.8, 4) is 11.5 Å². The maximum atomic E-state index is 13.8. The number of amides is 5. The molecule has 12 nitrogen and oxygen atoms in total. The minimum Gasteiger partial charge on any atom is -0.493 e. The Labute approximate surface area is 292 Å². The van der Waals surface area contributed by atoms with Crippen LogP contribution in [0.3, 0.4) is 0 Å². The smallest absolute Gasteiger partial charge is 0.255 e. The molecule has 0 saturated carbocycles. The number of nitrogens with zero attached hydrogens (tertiary/aromatic N) is 1. The molecule has 50 heavy (non-hydrogen) atoms. The highest BCUT2D eigenvalue weighted by Crippen LogP contribution is 2.22. The van der Waals surface area contributed by atoms with Crippen molar-refractivity contribution in [2.24, 2.45) is 0 Å². The van der Waals surface area contributed by atoms with E-state index in [0.717, 1.165) is 16.7 Å². The van der Waals surface area contributed by atoms with Gasteiger partial charge in [-0.3, -0.25) is 24.0 Å². The third-order valence-corrected chi connectivity index (χ3v) is 8.79. The van der Waals surface area contributed by atoms with Gasteiger partial charge in [0.05, 0.1) is 25.1 Å². The summed E-state index contributed by atoms with van der Waals surface area (Å²) in [6.07, 6.45) is 1.30. The number of carbonyl (C=O) groups excluding carboxylic acids is 5. The second kappa shape index (κ2) is 17.3. The fourth-order valence-corrected chi connectivity index (χ4v) is 6.19. The van der Waals surface area contributed by atoms with Crippen LogP contribution in [-0.2, 0) is 25.6 Å². The average molecular weight is 684 g/mol. The lowest BCUT2D eigenvalue weighted by Crippen LogP contribution is -2.55. The molecule has 0 aliphatic carbocycles. The Morgan fingerprint density at radius 3 is 2.52 bits per heavy atom. The van der Waals surface area contributed by atoms with E-state index in [-0.39, 0.29) is 50.6 Å². The predicted octanol–water partition coefficient (Wildman–Crippen LogP) is 2.60. The van der Waals surface area contributed by atoms with E-state index in [0.29, 0.717) is 37.3 Å². The molecule has 0 aromatic heterocycles. The maximum absolute atomic E-state index is 13.8. The Bertz CT molecular complexity index is 1680. The van der Waals surface area contributed by atoms with E-state index >= 15 is 0 Å². The van der Waals surface area contributed by atoms with Gasteiger partial charge >= 0.3 is 0 Å². The quantitative estimate of drug-likeness (QED) is 0.279. The number of fused-ring (bicyclic) bond motifs is 2. The van der Waals surface area contributed by atoms with Crippen LogP contribution in [0.15, 0.2) is 72.8 Å². The molecule has 3 aromatic carbocycles. The first kappa shape index (κ1) is 35.9. The van der Waals surface area contributed by atoms with Gasteiger partial charge in [0, 0.05) is 19.5 Å². The fraction of sp³-hybridized carbons (Fsp3) is 0.395. The topological polar surface area (TPSA) is 155 Å². The zero-order chi connectivity index (χ0) is 35.5. The molecular weight excluding hydrogens is 638 g/mol. The first-order valence-corrected chi connectivity index (χ1v) is 17.1. The fourth-order valence-electron chi connectivity index (χ4n) is 6.19. The van der Waals surface area contributed by atoms with E-state index in [1.807, 2.05) is 62.4 Å². The van der Waals surface area contributed by atoms with Crippen LogP contribution in [0.4, 0.5) is 0 Å². The van der Waals surface area contributed by atoms with Crippen LogP contribution in [0.2, 0.25) is 0 Å². The van der Waals surface area contributed by atoms with Gasteiger partial charge in [-0.25, -0.2) is 0 Å². The Morgan fingerprint density at radius 2 is 1.72 bits per heavy atom. The molecule has 2 heterocycles. The van der Waals surface area contributed by atoms with Crippen molar-refractivity contribution in [1.29, 1.82) is 0 Å². The van der Waals surface area contributed by atoms with Crippen LogP contribution in [0.5, 0.6) is 11.5 Å². The molecule has 0 radical (unpaired) electrons. The van der Waals surface area contributed by atoms with Gasteiger partial charge in [0.25, 0.3) is 5.91 Å².